The average Bonchev–Trinajstić information content (AvgIpc) is 2.53. The minimum Gasteiger partial charge on any atom is -0.316 e. The first-order valence-electron chi connectivity index (χ1n) is 7.81. The van der Waals surface area contributed by atoms with E-state index in [-0.39, 0.29) is 5.41 Å². The molecule has 1 N–H and O–H groups in total. The van der Waals surface area contributed by atoms with Crippen LogP contribution in [0.25, 0.3) is 0 Å². The van der Waals surface area contributed by atoms with Crippen LogP contribution in [0.5, 0.6) is 0 Å². The summed E-state index contributed by atoms with van der Waals surface area (Å²) < 4.78 is 0. The maximum absolute atomic E-state index is 11.3. The molecule has 0 bridgehead atoms. The number of nitrogens with one attached hydrogen (secondary N) is 1. The molecule has 1 aliphatic carbocycles. The quantitative estimate of drug-likeness (QED) is 0.863. The molecule has 1 aliphatic heterocycles. The van der Waals surface area contributed by atoms with Gasteiger partial charge in [0.15, 0.2) is 0 Å². The fourth-order valence-electron chi connectivity index (χ4n) is 3.97. The van der Waals surface area contributed by atoms with Gasteiger partial charge in [0.1, 0.15) is 6.29 Å². The van der Waals surface area contributed by atoms with Crippen molar-refractivity contribution in [2.24, 2.45) is 11.3 Å². The molecule has 112 valence electrons. The van der Waals surface area contributed by atoms with Crippen molar-refractivity contribution in [3.8, 4) is 0 Å². The van der Waals surface area contributed by atoms with Gasteiger partial charge in [-0.1, -0.05) is 41.9 Å². The summed E-state index contributed by atoms with van der Waals surface area (Å²) in [7, 11) is 0. The van der Waals surface area contributed by atoms with Crippen LogP contribution >= 0.6 is 11.6 Å². The molecule has 0 radical (unpaired) electrons. The number of carbonyl (C=O) groups excluding carboxylic acids is 1. The summed E-state index contributed by atoms with van der Waals surface area (Å²) in [4.78, 5) is 11.3. The molecule has 1 heterocycles. The van der Waals surface area contributed by atoms with Gasteiger partial charge in [-0.3, -0.25) is 4.79 Å². The largest absolute Gasteiger partial charge is 0.316 e. The lowest BCUT2D eigenvalue weighted by atomic mass is 9.61. The van der Waals surface area contributed by atoms with E-state index in [4.69, 9.17) is 11.6 Å². The Bertz CT molecular complexity index is 539. The Hall–Kier alpha value is -1.12. The third-order valence-electron chi connectivity index (χ3n) is 5.26. The van der Waals surface area contributed by atoms with Crippen molar-refractivity contribution in [1.82, 2.24) is 5.32 Å². The van der Waals surface area contributed by atoms with Crippen LogP contribution in [0.4, 0.5) is 0 Å². The van der Waals surface area contributed by atoms with Crippen LogP contribution in [-0.2, 0) is 11.2 Å². The zero-order chi connectivity index (χ0) is 14.7. The second kappa shape index (κ2) is 6.33. The Balaban J connectivity index is 1.83. The lowest BCUT2D eigenvalue weighted by Gasteiger charge is -2.47. The zero-order valence-electron chi connectivity index (χ0n) is 12.3. The van der Waals surface area contributed by atoms with E-state index < -0.39 is 0 Å². The molecule has 3 rings (SSSR count). The zero-order valence-corrected chi connectivity index (χ0v) is 13.0. The molecule has 0 aromatic heterocycles. The molecule has 1 aromatic carbocycles. The van der Waals surface area contributed by atoms with Crippen LogP contribution < -0.4 is 5.32 Å². The van der Waals surface area contributed by atoms with Crippen LogP contribution in [0.1, 0.15) is 31.2 Å². The predicted octanol–water partition coefficient (Wildman–Crippen LogP) is 3.70. The maximum atomic E-state index is 11.3. The minimum absolute atomic E-state index is 0.246. The van der Waals surface area contributed by atoms with E-state index in [0.717, 1.165) is 62.1 Å². The lowest BCUT2D eigenvalue weighted by Crippen LogP contribution is -2.47. The average molecular weight is 304 g/mol. The highest BCUT2D eigenvalue weighted by Gasteiger charge is 2.43. The molecule has 2 nitrogen and oxygen atoms in total. The Kier molecular flexibility index (Phi) is 4.46. The van der Waals surface area contributed by atoms with Crippen LogP contribution in [-0.4, -0.2) is 19.4 Å². The van der Waals surface area contributed by atoms with Crippen molar-refractivity contribution in [2.75, 3.05) is 13.1 Å². The Morgan fingerprint density at radius 1 is 1.29 bits per heavy atom. The highest BCUT2D eigenvalue weighted by atomic mass is 35.5. The standard InChI is InChI=1S/C18H22ClNO/c19-17-6-7-18(11-15(17)13-21)8-9-20-12-16(18)10-14-4-2-1-3-5-14/h1-5,13,16,20H,6-12H2. The van der Waals surface area contributed by atoms with E-state index in [9.17, 15) is 4.79 Å². The van der Waals surface area contributed by atoms with Gasteiger partial charge in [0.2, 0.25) is 0 Å². The number of halogens is 1. The van der Waals surface area contributed by atoms with Gasteiger partial charge in [-0.05, 0) is 62.1 Å². The number of hydrogen-bond acceptors (Lipinski definition) is 2. The first kappa shape index (κ1) is 14.8. The second-order valence-corrected chi connectivity index (χ2v) is 6.88. The fraction of sp³-hybridized carbons (Fsp3) is 0.500. The smallest absolute Gasteiger partial charge is 0.147 e. The van der Waals surface area contributed by atoms with Crippen molar-refractivity contribution in [1.29, 1.82) is 0 Å². The number of hydrogen-bond donors (Lipinski definition) is 1. The van der Waals surface area contributed by atoms with Gasteiger partial charge < -0.3 is 5.32 Å². The molecule has 1 fully saturated rings. The highest BCUT2D eigenvalue weighted by Crippen LogP contribution is 2.49. The lowest BCUT2D eigenvalue weighted by molar-refractivity contribution is -0.105. The van der Waals surface area contributed by atoms with E-state index in [2.05, 4.69) is 35.6 Å². The number of piperidine rings is 1. The van der Waals surface area contributed by atoms with Gasteiger partial charge in [0, 0.05) is 10.6 Å². The van der Waals surface area contributed by atoms with Gasteiger partial charge in [-0.15, -0.1) is 0 Å². The molecular weight excluding hydrogens is 282 g/mol. The van der Waals surface area contributed by atoms with E-state index in [1.54, 1.807) is 0 Å². The molecule has 0 amide bonds. The van der Waals surface area contributed by atoms with Crippen molar-refractivity contribution in [3.63, 3.8) is 0 Å². The van der Waals surface area contributed by atoms with E-state index in [1.807, 2.05) is 0 Å². The van der Waals surface area contributed by atoms with E-state index in [0.29, 0.717) is 5.92 Å². The third kappa shape index (κ3) is 3.07. The predicted molar refractivity (Wildman–Crippen MR) is 86.3 cm³/mol. The number of carbonyl (C=O) groups is 1. The Labute approximate surface area is 131 Å². The van der Waals surface area contributed by atoms with Crippen molar-refractivity contribution in [2.45, 2.75) is 32.1 Å². The maximum Gasteiger partial charge on any atom is 0.147 e. The van der Waals surface area contributed by atoms with E-state index in [1.165, 1.54) is 5.56 Å². The summed E-state index contributed by atoms with van der Waals surface area (Å²) >= 11 is 6.23. The Morgan fingerprint density at radius 2 is 2.10 bits per heavy atom. The molecular formula is C18H22ClNO. The molecule has 2 unspecified atom stereocenters. The fourth-order valence-corrected chi connectivity index (χ4v) is 4.18. The minimum atomic E-state index is 0.246. The molecule has 1 aromatic rings. The summed E-state index contributed by atoms with van der Waals surface area (Å²) in [5, 5.41) is 4.32. The molecule has 1 spiro atoms. The van der Waals surface area contributed by atoms with Crippen molar-refractivity contribution >= 4 is 17.9 Å². The summed E-state index contributed by atoms with van der Waals surface area (Å²) in [5.74, 6) is 0.577. The first-order chi connectivity index (χ1) is 10.2. The molecule has 2 aliphatic rings. The molecule has 3 heteroatoms. The monoisotopic (exact) mass is 303 g/mol. The Morgan fingerprint density at radius 3 is 2.86 bits per heavy atom. The normalized spacial score (nSPS) is 29.7. The summed E-state index contributed by atoms with van der Waals surface area (Å²) in [6, 6.07) is 10.7. The van der Waals surface area contributed by atoms with Crippen LogP contribution in [0.15, 0.2) is 40.9 Å². The molecule has 0 saturated carbocycles. The molecule has 2 atom stereocenters. The second-order valence-electron chi connectivity index (χ2n) is 6.43. The number of benzene rings is 1. The van der Waals surface area contributed by atoms with Gasteiger partial charge in [0.05, 0.1) is 0 Å². The SMILES string of the molecule is O=CC1=C(Cl)CCC2(CCNCC2Cc2ccccc2)C1. The first-order valence-corrected chi connectivity index (χ1v) is 8.19. The number of rotatable bonds is 3. The summed E-state index contributed by atoms with van der Waals surface area (Å²) in [5.41, 5.74) is 2.47. The topological polar surface area (TPSA) is 29.1 Å². The van der Waals surface area contributed by atoms with Crippen molar-refractivity contribution < 1.29 is 4.79 Å². The summed E-state index contributed by atoms with van der Waals surface area (Å²) in [6.45, 7) is 2.09. The van der Waals surface area contributed by atoms with Crippen molar-refractivity contribution in [3.05, 3.63) is 46.5 Å². The molecule has 1 saturated heterocycles. The van der Waals surface area contributed by atoms with E-state index >= 15 is 0 Å². The van der Waals surface area contributed by atoms with Gasteiger partial charge >= 0.3 is 0 Å². The summed E-state index contributed by atoms with van der Waals surface area (Å²) in [6.07, 6.45) is 6.03. The highest BCUT2D eigenvalue weighted by molar-refractivity contribution is 6.31. The number of aldehydes is 1. The van der Waals surface area contributed by atoms with Gasteiger partial charge in [0.25, 0.3) is 0 Å². The van der Waals surface area contributed by atoms with Crippen LogP contribution in [0, 0.1) is 11.3 Å². The molecule has 21 heavy (non-hydrogen) atoms. The van der Waals surface area contributed by atoms with Gasteiger partial charge in [-0.25, -0.2) is 0 Å². The van der Waals surface area contributed by atoms with Crippen LogP contribution in [0.2, 0.25) is 0 Å². The van der Waals surface area contributed by atoms with Gasteiger partial charge in [-0.2, -0.15) is 0 Å². The van der Waals surface area contributed by atoms with Crippen LogP contribution in [0.3, 0.4) is 0 Å². The number of allylic oxidation sites excluding steroid dienone is 2. The third-order valence-corrected chi connectivity index (χ3v) is 5.69.